The maximum absolute atomic E-state index is 15.5. The van der Waals surface area contributed by atoms with E-state index in [1.54, 1.807) is 17.2 Å². The molecule has 0 aliphatic carbocycles. The van der Waals surface area contributed by atoms with Gasteiger partial charge in [0.05, 0.1) is 24.9 Å². The lowest BCUT2D eigenvalue weighted by Gasteiger charge is -2.55. The number of anilines is 2. The number of nitrogens with zero attached hydrogens (tertiary/aromatic N) is 6. The van der Waals surface area contributed by atoms with Gasteiger partial charge in [0.15, 0.2) is 5.60 Å². The summed E-state index contributed by atoms with van der Waals surface area (Å²) in [5, 5.41) is 0. The number of halogens is 4. The molecule has 2 unspecified atom stereocenters. The molecule has 0 bridgehead atoms. The molecule has 0 N–H and O–H groups in total. The Hall–Kier alpha value is -3.29. The molecule has 4 saturated heterocycles. The zero-order valence-electron chi connectivity index (χ0n) is 25.9. The molecule has 13 heteroatoms. The lowest BCUT2D eigenvalue weighted by molar-refractivity contribution is -0.260. The predicted octanol–water partition coefficient (Wildman–Crippen LogP) is 3.94. The van der Waals surface area contributed by atoms with Crippen molar-refractivity contribution < 1.29 is 31.8 Å². The van der Waals surface area contributed by atoms with E-state index in [0.29, 0.717) is 83.4 Å². The molecule has 4 fully saturated rings. The van der Waals surface area contributed by atoms with E-state index in [1.807, 2.05) is 15.9 Å². The second-order valence-electron chi connectivity index (χ2n) is 13.7. The van der Waals surface area contributed by atoms with Crippen molar-refractivity contribution in [1.29, 1.82) is 0 Å². The summed E-state index contributed by atoms with van der Waals surface area (Å²) in [6, 6.07) is 3.06. The van der Waals surface area contributed by atoms with Gasteiger partial charge in [-0.1, -0.05) is 6.58 Å². The van der Waals surface area contributed by atoms with Gasteiger partial charge < -0.3 is 24.2 Å². The van der Waals surface area contributed by atoms with Crippen LogP contribution in [0, 0.1) is 6.92 Å². The number of hydrogen-bond acceptors (Lipinski definition) is 8. The van der Waals surface area contributed by atoms with Crippen molar-refractivity contribution in [3.05, 3.63) is 59.1 Å². The molecule has 0 radical (unpaired) electrons. The summed E-state index contributed by atoms with van der Waals surface area (Å²) >= 11 is 0. The fourth-order valence-electron chi connectivity index (χ4n) is 8.68. The molecule has 246 valence electrons. The van der Waals surface area contributed by atoms with Crippen LogP contribution in [-0.4, -0.2) is 103 Å². The smallest absolute Gasteiger partial charge is 0.280 e. The number of pyridine rings is 2. The Bertz CT molecular complexity index is 1570. The van der Waals surface area contributed by atoms with Crippen LogP contribution in [0.2, 0.25) is 0 Å². The summed E-state index contributed by atoms with van der Waals surface area (Å²) in [6.45, 7) is 10.1. The first-order chi connectivity index (χ1) is 22.0. The molecule has 46 heavy (non-hydrogen) atoms. The van der Waals surface area contributed by atoms with E-state index in [2.05, 4.69) is 23.4 Å². The molecule has 1 amide bonds. The number of carbonyl (C=O) groups is 1. The molecule has 2 aromatic rings. The average Bonchev–Trinajstić information content (AvgIpc) is 3.27. The minimum absolute atomic E-state index is 0.0544. The third kappa shape index (κ3) is 4.56. The van der Waals surface area contributed by atoms with Gasteiger partial charge in [0.2, 0.25) is 5.91 Å². The van der Waals surface area contributed by atoms with E-state index in [9.17, 15) is 13.6 Å². The SMILES string of the molecule is C=CC(=O)N1CCN(C2CN3c4cc(N5CCC6(CC5)OC5(COC5)c5nccc(C)c56)nc(C(F)F)c4CC(F)(F)CC23)CC1. The molecular weight excluding hydrogens is 604 g/mol. The Kier molecular flexibility index (Phi) is 6.94. The van der Waals surface area contributed by atoms with Gasteiger partial charge in [-0.15, -0.1) is 0 Å². The molecule has 8 rings (SSSR count). The van der Waals surface area contributed by atoms with Crippen molar-refractivity contribution in [3.63, 3.8) is 0 Å². The van der Waals surface area contributed by atoms with E-state index in [0.717, 1.165) is 16.8 Å². The van der Waals surface area contributed by atoms with Crippen LogP contribution in [0.5, 0.6) is 0 Å². The third-order valence-corrected chi connectivity index (χ3v) is 11.1. The van der Waals surface area contributed by atoms with Crippen LogP contribution in [0.15, 0.2) is 31.0 Å². The second-order valence-corrected chi connectivity index (χ2v) is 13.7. The first kappa shape index (κ1) is 30.1. The zero-order chi connectivity index (χ0) is 32.0. The van der Waals surface area contributed by atoms with Crippen molar-refractivity contribution in [2.24, 2.45) is 0 Å². The highest BCUT2D eigenvalue weighted by atomic mass is 19.3. The maximum Gasteiger partial charge on any atom is 0.280 e. The van der Waals surface area contributed by atoms with Crippen LogP contribution < -0.4 is 9.80 Å². The summed E-state index contributed by atoms with van der Waals surface area (Å²) in [7, 11) is 0. The van der Waals surface area contributed by atoms with E-state index in [4.69, 9.17) is 14.5 Å². The number of piperazine rings is 1. The molecule has 2 aromatic heterocycles. The Morgan fingerprint density at radius 3 is 2.48 bits per heavy atom. The third-order valence-electron chi connectivity index (χ3n) is 11.1. The van der Waals surface area contributed by atoms with E-state index in [-0.39, 0.29) is 17.5 Å². The van der Waals surface area contributed by atoms with Crippen LogP contribution >= 0.6 is 0 Å². The van der Waals surface area contributed by atoms with Gasteiger partial charge >= 0.3 is 0 Å². The van der Waals surface area contributed by atoms with E-state index < -0.39 is 48.1 Å². The van der Waals surface area contributed by atoms with Crippen molar-refractivity contribution >= 4 is 17.4 Å². The fourth-order valence-corrected chi connectivity index (χ4v) is 8.68. The van der Waals surface area contributed by atoms with Gasteiger partial charge in [0.25, 0.3) is 12.3 Å². The number of aryl methyl sites for hydroxylation is 1. The van der Waals surface area contributed by atoms with Crippen molar-refractivity contribution in [2.45, 2.75) is 68.2 Å². The summed E-state index contributed by atoms with van der Waals surface area (Å²) in [5.74, 6) is -2.91. The number of rotatable bonds is 4. The standard InChI is InChI=1S/C33H38F4N6O3/c1-3-26(44)42-12-10-40(11-13-42)24-17-43-22-14-25(39-28(30(34)35)21(22)15-33(36,37)16-23(24)43)41-8-5-31(6-9-41)27-20(2)4-7-38-29(27)32(46-31)18-45-19-32/h3-4,7,14,23-24,30H,1,5-6,8-13,15-19H2,2H3. The lowest BCUT2D eigenvalue weighted by Crippen LogP contribution is -2.70. The quantitative estimate of drug-likeness (QED) is 0.367. The largest absolute Gasteiger partial charge is 0.374 e. The molecular formula is C33H38F4N6O3. The number of alkyl halides is 4. The molecule has 2 spiro atoms. The first-order valence-electron chi connectivity index (χ1n) is 16.1. The second kappa shape index (κ2) is 10.6. The molecule has 6 aliphatic heterocycles. The summed E-state index contributed by atoms with van der Waals surface area (Å²) in [4.78, 5) is 28.8. The number of piperidine rings is 1. The number of aromatic nitrogens is 2. The van der Waals surface area contributed by atoms with Gasteiger partial charge in [-0.3, -0.25) is 14.7 Å². The van der Waals surface area contributed by atoms with Crippen molar-refractivity contribution in [3.8, 4) is 0 Å². The number of hydrogen-bond donors (Lipinski definition) is 0. The molecule has 0 aromatic carbocycles. The summed E-state index contributed by atoms with van der Waals surface area (Å²) in [6.07, 6.45) is 0.155. The van der Waals surface area contributed by atoms with Gasteiger partial charge in [0.1, 0.15) is 17.1 Å². The Balaban J connectivity index is 1.06. The van der Waals surface area contributed by atoms with Crippen molar-refractivity contribution in [2.75, 3.05) is 68.8 Å². The fraction of sp³-hybridized carbons (Fsp3) is 0.606. The molecule has 6 aliphatic rings. The average molecular weight is 643 g/mol. The lowest BCUT2D eigenvalue weighted by atomic mass is 9.81. The van der Waals surface area contributed by atoms with Crippen LogP contribution in [0.3, 0.4) is 0 Å². The highest BCUT2D eigenvalue weighted by Gasteiger charge is 2.60. The van der Waals surface area contributed by atoms with Crippen LogP contribution in [0.4, 0.5) is 29.1 Å². The Morgan fingerprint density at radius 1 is 1.09 bits per heavy atom. The van der Waals surface area contributed by atoms with Gasteiger partial charge in [-0.2, -0.15) is 0 Å². The van der Waals surface area contributed by atoms with E-state index in [1.165, 1.54) is 6.08 Å². The van der Waals surface area contributed by atoms with Crippen LogP contribution in [0.1, 0.15) is 53.8 Å². The monoisotopic (exact) mass is 642 g/mol. The topological polar surface area (TPSA) is 74.3 Å². The number of ether oxygens (including phenoxy) is 2. The Labute approximate surface area is 265 Å². The molecule has 0 saturated carbocycles. The summed E-state index contributed by atoms with van der Waals surface area (Å²) < 4.78 is 72.4. The molecule has 2 atom stereocenters. The van der Waals surface area contributed by atoms with Gasteiger partial charge in [-0.05, 0) is 37.5 Å². The minimum atomic E-state index is -3.15. The zero-order valence-corrected chi connectivity index (χ0v) is 25.9. The number of amides is 1. The number of fused-ring (bicyclic) bond motifs is 6. The normalized spacial score (nSPS) is 27.5. The maximum atomic E-state index is 15.5. The van der Waals surface area contributed by atoms with Crippen molar-refractivity contribution in [1.82, 2.24) is 19.8 Å². The predicted molar refractivity (Wildman–Crippen MR) is 161 cm³/mol. The highest BCUT2D eigenvalue weighted by molar-refractivity contribution is 5.87. The van der Waals surface area contributed by atoms with E-state index >= 15 is 8.78 Å². The number of carbonyl (C=O) groups excluding carboxylic acids is 1. The molecule has 9 nitrogen and oxygen atoms in total. The minimum Gasteiger partial charge on any atom is -0.374 e. The summed E-state index contributed by atoms with van der Waals surface area (Å²) in [5.41, 5.74) is 1.88. The highest BCUT2D eigenvalue weighted by Crippen LogP contribution is 2.55. The van der Waals surface area contributed by atoms with Crippen LogP contribution in [-0.2, 0) is 31.9 Å². The molecule has 8 heterocycles. The first-order valence-corrected chi connectivity index (χ1v) is 16.1. The van der Waals surface area contributed by atoms with Crippen LogP contribution in [0.25, 0.3) is 0 Å². The van der Waals surface area contributed by atoms with Gasteiger partial charge in [-0.25, -0.2) is 22.5 Å². The van der Waals surface area contributed by atoms with Gasteiger partial charge in [0, 0.05) is 93.8 Å². The Morgan fingerprint density at radius 2 is 1.83 bits per heavy atom.